The Hall–Kier alpha value is -3.78. The van der Waals surface area contributed by atoms with Gasteiger partial charge in [-0.3, -0.25) is 10.1 Å². The average Bonchev–Trinajstić information content (AvgIpc) is 3.55. The zero-order chi connectivity index (χ0) is 25.8. The number of hydrogen-bond donors (Lipinski definition) is 4. The van der Waals surface area contributed by atoms with Gasteiger partial charge in [-0.1, -0.05) is 22.5 Å². The van der Waals surface area contributed by atoms with Crippen LogP contribution in [0, 0.1) is 0 Å². The number of rotatable bonds is 11. The third kappa shape index (κ3) is 7.61. The molecule has 0 saturated carbocycles. The van der Waals surface area contributed by atoms with Crippen molar-refractivity contribution in [3.8, 4) is 23.0 Å². The molecule has 0 aliphatic rings. The molecular weight excluding hydrogens is 488 g/mol. The molecule has 0 radical (unpaired) electrons. The van der Waals surface area contributed by atoms with Crippen LogP contribution in [0.3, 0.4) is 0 Å². The minimum absolute atomic E-state index is 0.0787. The molecule has 2 aromatic heterocycles. The van der Waals surface area contributed by atoms with Gasteiger partial charge in [0, 0.05) is 25.8 Å². The fourth-order valence-electron chi connectivity index (χ4n) is 2.81. The van der Waals surface area contributed by atoms with E-state index in [1.54, 1.807) is 38.5 Å². The smallest absolute Gasteiger partial charge is 0.322 e. The lowest BCUT2D eigenvalue weighted by Gasteiger charge is -2.07. The van der Waals surface area contributed by atoms with Gasteiger partial charge in [-0.2, -0.15) is 0 Å². The summed E-state index contributed by atoms with van der Waals surface area (Å²) in [6, 6.07) is 13.0. The van der Waals surface area contributed by atoms with Crippen molar-refractivity contribution in [2.75, 3.05) is 52.4 Å². The van der Waals surface area contributed by atoms with Crippen molar-refractivity contribution in [2.24, 2.45) is 5.73 Å². The Kier molecular flexibility index (Phi) is 10.4. The fourth-order valence-corrected chi connectivity index (χ4v) is 3.68. The zero-order valence-electron chi connectivity index (χ0n) is 19.9. The second-order valence-corrected chi connectivity index (χ2v) is 8.06. The first-order chi connectivity index (χ1) is 17.6. The van der Waals surface area contributed by atoms with Crippen molar-refractivity contribution in [2.45, 2.75) is 0 Å². The number of benzene rings is 2. The highest BCUT2D eigenvalue weighted by Gasteiger charge is 2.13. The highest BCUT2D eigenvalue weighted by Crippen LogP contribution is 2.33. The molecule has 0 unspecified atom stereocenters. The molecular formula is C23H28N6O6S. The molecule has 2 aromatic carbocycles. The lowest BCUT2D eigenvalue weighted by molar-refractivity contribution is -0.123. The molecule has 0 bridgehead atoms. The summed E-state index contributed by atoms with van der Waals surface area (Å²) >= 11 is 1.46. The lowest BCUT2D eigenvalue weighted by Crippen LogP contribution is -2.31. The molecule has 12 nitrogen and oxygen atoms in total. The Bertz CT molecular complexity index is 1230. The van der Waals surface area contributed by atoms with Crippen LogP contribution in [0.4, 0.5) is 11.1 Å². The number of nitrogens with one attached hydrogen (secondary N) is 2. The van der Waals surface area contributed by atoms with E-state index in [0.717, 1.165) is 10.2 Å². The highest BCUT2D eigenvalue weighted by atomic mass is 32.1. The number of para-hydroxylation sites is 1. The Morgan fingerprint density at radius 1 is 1.17 bits per heavy atom. The fraction of sp³-hybridized carbons (Fsp3) is 0.304. The third-order valence-corrected chi connectivity index (χ3v) is 5.41. The van der Waals surface area contributed by atoms with Crippen molar-refractivity contribution in [3.63, 3.8) is 0 Å². The van der Waals surface area contributed by atoms with Gasteiger partial charge < -0.3 is 34.8 Å². The number of methoxy groups -OCH3 is 2. The van der Waals surface area contributed by atoms with Gasteiger partial charge in [0.25, 0.3) is 5.91 Å². The Morgan fingerprint density at radius 3 is 2.64 bits per heavy atom. The maximum absolute atomic E-state index is 11.7. The van der Waals surface area contributed by atoms with Gasteiger partial charge in [-0.05, 0) is 36.4 Å². The lowest BCUT2D eigenvalue weighted by atomic mass is 10.2. The van der Waals surface area contributed by atoms with Gasteiger partial charge in [0.1, 0.15) is 17.0 Å². The monoisotopic (exact) mass is 516 g/mol. The molecule has 0 saturated heterocycles. The van der Waals surface area contributed by atoms with E-state index in [-0.39, 0.29) is 25.1 Å². The first-order valence-electron chi connectivity index (χ1n) is 10.9. The van der Waals surface area contributed by atoms with E-state index in [1.807, 2.05) is 18.2 Å². The second-order valence-electron chi connectivity index (χ2n) is 7.03. The van der Waals surface area contributed by atoms with Crippen molar-refractivity contribution in [3.05, 3.63) is 42.5 Å². The molecule has 0 fully saturated rings. The zero-order valence-corrected chi connectivity index (χ0v) is 20.7. The molecule has 192 valence electrons. The van der Waals surface area contributed by atoms with E-state index < -0.39 is 0 Å². The number of nitrogens with zero attached hydrogens (tertiary/aromatic N) is 3. The number of aromatic nitrogens is 3. The van der Waals surface area contributed by atoms with Gasteiger partial charge in [0.2, 0.25) is 5.89 Å². The molecule has 2 heterocycles. The number of hydrogen-bond acceptors (Lipinski definition) is 12. The first kappa shape index (κ1) is 26.8. The molecule has 0 aliphatic heterocycles. The first-order valence-corrected chi connectivity index (χ1v) is 11.7. The SMILES string of the molecule is COCCNC(=O)COc1ccc(-c2nnc(Nc3nc4c(OC)cccc4s3)o2)cc1.NCCO. The maximum Gasteiger partial charge on any atom is 0.322 e. The molecule has 4 aromatic rings. The van der Waals surface area contributed by atoms with Gasteiger partial charge in [0.15, 0.2) is 11.7 Å². The number of ether oxygens (including phenoxy) is 3. The average molecular weight is 517 g/mol. The maximum atomic E-state index is 11.7. The molecule has 4 rings (SSSR count). The second kappa shape index (κ2) is 13.9. The van der Waals surface area contributed by atoms with Gasteiger partial charge >= 0.3 is 6.01 Å². The number of carbonyl (C=O) groups is 1. The van der Waals surface area contributed by atoms with Crippen LogP contribution in [0.5, 0.6) is 11.5 Å². The summed E-state index contributed by atoms with van der Waals surface area (Å²) in [6.07, 6.45) is 0. The summed E-state index contributed by atoms with van der Waals surface area (Å²) in [5.74, 6) is 1.38. The van der Waals surface area contributed by atoms with E-state index in [2.05, 4.69) is 25.8 Å². The van der Waals surface area contributed by atoms with E-state index in [1.165, 1.54) is 11.3 Å². The number of nitrogens with two attached hydrogens (primary N) is 1. The quantitative estimate of drug-likeness (QED) is 0.216. The summed E-state index contributed by atoms with van der Waals surface area (Å²) in [7, 11) is 3.19. The summed E-state index contributed by atoms with van der Waals surface area (Å²) in [4.78, 5) is 16.2. The molecule has 1 amide bonds. The van der Waals surface area contributed by atoms with Crippen LogP contribution >= 0.6 is 11.3 Å². The number of thiazole rings is 1. The van der Waals surface area contributed by atoms with Crippen LogP contribution in [0.25, 0.3) is 21.7 Å². The summed E-state index contributed by atoms with van der Waals surface area (Å²) in [5.41, 5.74) is 6.26. The van der Waals surface area contributed by atoms with Gasteiger partial charge in [-0.15, -0.1) is 5.10 Å². The van der Waals surface area contributed by atoms with Crippen LogP contribution in [0.15, 0.2) is 46.9 Å². The molecule has 0 aliphatic carbocycles. The van der Waals surface area contributed by atoms with Gasteiger partial charge in [0.05, 0.1) is 25.0 Å². The predicted molar refractivity (Wildman–Crippen MR) is 136 cm³/mol. The number of aliphatic hydroxyl groups excluding tert-OH is 1. The minimum atomic E-state index is -0.216. The highest BCUT2D eigenvalue weighted by molar-refractivity contribution is 7.22. The molecule has 13 heteroatoms. The van der Waals surface area contributed by atoms with Crippen LogP contribution in [0.2, 0.25) is 0 Å². The summed E-state index contributed by atoms with van der Waals surface area (Å²) in [6.45, 7) is 1.29. The molecule has 36 heavy (non-hydrogen) atoms. The summed E-state index contributed by atoms with van der Waals surface area (Å²) < 4.78 is 22.4. The van der Waals surface area contributed by atoms with E-state index in [4.69, 9.17) is 29.5 Å². The Labute approximate surface area is 211 Å². The standard InChI is InChI=1S/C21H21N5O5S.C2H7NO/c1-28-11-10-22-17(27)12-30-14-8-6-13(7-9-14)19-25-26-20(31-19)24-21-23-18-15(29-2)4-3-5-16(18)32-21;3-1-2-4/h3-9H,10-12H2,1-2H3,(H,22,27)(H,23,24,26);4H,1-3H2. The van der Waals surface area contributed by atoms with Crippen LogP contribution in [-0.2, 0) is 9.53 Å². The van der Waals surface area contributed by atoms with Gasteiger partial charge in [-0.25, -0.2) is 4.98 Å². The van der Waals surface area contributed by atoms with Crippen LogP contribution in [-0.4, -0.2) is 73.3 Å². The Balaban J connectivity index is 0.000000840. The van der Waals surface area contributed by atoms with Crippen molar-refractivity contribution in [1.82, 2.24) is 20.5 Å². The topological polar surface area (TPSA) is 167 Å². The number of amides is 1. The third-order valence-electron chi connectivity index (χ3n) is 4.47. The number of fused-ring (bicyclic) bond motifs is 1. The van der Waals surface area contributed by atoms with E-state index in [9.17, 15) is 4.79 Å². The summed E-state index contributed by atoms with van der Waals surface area (Å²) in [5, 5.41) is 22.2. The van der Waals surface area contributed by atoms with E-state index >= 15 is 0 Å². The normalized spacial score (nSPS) is 10.4. The number of aliphatic hydroxyl groups is 1. The van der Waals surface area contributed by atoms with Crippen LogP contribution < -0.4 is 25.8 Å². The number of anilines is 2. The van der Waals surface area contributed by atoms with E-state index in [0.29, 0.717) is 47.8 Å². The van der Waals surface area contributed by atoms with Crippen molar-refractivity contribution < 1.29 is 28.5 Å². The van der Waals surface area contributed by atoms with Crippen molar-refractivity contribution >= 4 is 38.6 Å². The molecule has 0 spiro atoms. The Morgan fingerprint density at radius 2 is 1.94 bits per heavy atom. The van der Waals surface area contributed by atoms with Crippen molar-refractivity contribution in [1.29, 1.82) is 0 Å². The number of carbonyl (C=O) groups excluding carboxylic acids is 1. The molecule has 5 N–H and O–H groups in total. The van der Waals surface area contributed by atoms with Crippen LogP contribution in [0.1, 0.15) is 0 Å². The largest absolute Gasteiger partial charge is 0.494 e. The minimum Gasteiger partial charge on any atom is -0.494 e. The molecule has 0 atom stereocenters. The predicted octanol–water partition coefficient (Wildman–Crippen LogP) is 2.18.